The third kappa shape index (κ3) is 4.29. The van der Waals surface area contributed by atoms with Crippen molar-refractivity contribution in [3.63, 3.8) is 0 Å². The minimum absolute atomic E-state index is 0.0329. The highest BCUT2D eigenvalue weighted by atomic mass is 79.9. The van der Waals surface area contributed by atoms with E-state index in [0.717, 1.165) is 23.9 Å². The van der Waals surface area contributed by atoms with Crippen LogP contribution in [0.25, 0.3) is 0 Å². The Labute approximate surface area is 115 Å². The van der Waals surface area contributed by atoms with Crippen molar-refractivity contribution < 1.29 is 14.3 Å². The first-order valence-electron chi connectivity index (χ1n) is 5.68. The predicted molar refractivity (Wildman–Crippen MR) is 72.6 cm³/mol. The predicted octanol–water partition coefficient (Wildman–Crippen LogP) is 3.07. The number of carbonyl (C=O) groups is 1. The standard InChI is InChI=1S/C13H17BrFNO2/c1-13(2,5-6-14)8-16-12(18)10-4-3-9(15)7-11(10)17/h3-4,7,17H,5-6,8H2,1-2H3,(H,16,18). The van der Waals surface area contributed by atoms with E-state index in [2.05, 4.69) is 21.2 Å². The van der Waals surface area contributed by atoms with Crippen LogP contribution in [-0.4, -0.2) is 22.9 Å². The number of amides is 1. The Morgan fingerprint density at radius 3 is 2.72 bits per heavy atom. The van der Waals surface area contributed by atoms with Crippen LogP contribution < -0.4 is 5.32 Å². The average molecular weight is 318 g/mol. The van der Waals surface area contributed by atoms with Crippen molar-refractivity contribution in [3.8, 4) is 5.75 Å². The van der Waals surface area contributed by atoms with Crippen molar-refractivity contribution in [3.05, 3.63) is 29.6 Å². The van der Waals surface area contributed by atoms with E-state index < -0.39 is 11.7 Å². The van der Waals surface area contributed by atoms with Crippen molar-refractivity contribution >= 4 is 21.8 Å². The lowest BCUT2D eigenvalue weighted by Gasteiger charge is -2.23. The lowest BCUT2D eigenvalue weighted by molar-refractivity contribution is 0.0933. The summed E-state index contributed by atoms with van der Waals surface area (Å²) >= 11 is 3.36. The summed E-state index contributed by atoms with van der Waals surface area (Å²) in [5, 5.41) is 13.1. The molecular weight excluding hydrogens is 301 g/mol. The molecule has 0 atom stereocenters. The van der Waals surface area contributed by atoms with Crippen molar-refractivity contribution in [2.45, 2.75) is 20.3 Å². The van der Waals surface area contributed by atoms with E-state index in [4.69, 9.17) is 0 Å². The second kappa shape index (κ2) is 6.18. The number of halogens is 2. The van der Waals surface area contributed by atoms with Crippen LogP contribution in [-0.2, 0) is 0 Å². The van der Waals surface area contributed by atoms with Gasteiger partial charge in [0.1, 0.15) is 11.6 Å². The van der Waals surface area contributed by atoms with Crippen molar-refractivity contribution in [1.82, 2.24) is 5.32 Å². The van der Waals surface area contributed by atoms with Gasteiger partial charge in [0, 0.05) is 17.9 Å². The molecule has 0 heterocycles. The normalized spacial score (nSPS) is 11.3. The number of hydrogen-bond donors (Lipinski definition) is 2. The minimum Gasteiger partial charge on any atom is -0.507 e. The van der Waals surface area contributed by atoms with Crippen molar-refractivity contribution in [1.29, 1.82) is 0 Å². The van der Waals surface area contributed by atoms with Crippen molar-refractivity contribution in [2.75, 3.05) is 11.9 Å². The second-order valence-electron chi connectivity index (χ2n) is 4.95. The van der Waals surface area contributed by atoms with E-state index >= 15 is 0 Å². The van der Waals surface area contributed by atoms with Gasteiger partial charge in [-0.05, 0) is 24.0 Å². The molecule has 1 aromatic rings. The van der Waals surface area contributed by atoms with Crippen LogP contribution in [0.15, 0.2) is 18.2 Å². The van der Waals surface area contributed by atoms with Crippen LogP contribution >= 0.6 is 15.9 Å². The van der Waals surface area contributed by atoms with Gasteiger partial charge in [0.15, 0.2) is 0 Å². The summed E-state index contributed by atoms with van der Waals surface area (Å²) in [4.78, 5) is 11.8. The Kier molecular flexibility index (Phi) is 5.14. The number of benzene rings is 1. The summed E-state index contributed by atoms with van der Waals surface area (Å²) in [7, 11) is 0. The van der Waals surface area contributed by atoms with Crippen LogP contribution in [0.5, 0.6) is 5.75 Å². The van der Waals surface area contributed by atoms with E-state index in [1.165, 1.54) is 6.07 Å². The molecule has 0 bridgehead atoms. The van der Waals surface area contributed by atoms with Gasteiger partial charge in [-0.2, -0.15) is 0 Å². The topological polar surface area (TPSA) is 49.3 Å². The molecule has 0 aliphatic heterocycles. The van der Waals surface area contributed by atoms with Gasteiger partial charge in [-0.3, -0.25) is 4.79 Å². The summed E-state index contributed by atoms with van der Waals surface area (Å²) in [6, 6.07) is 3.36. The third-order valence-electron chi connectivity index (χ3n) is 2.70. The monoisotopic (exact) mass is 317 g/mol. The summed E-state index contributed by atoms with van der Waals surface area (Å²) in [5.74, 6) is -1.30. The zero-order valence-corrected chi connectivity index (χ0v) is 12.1. The maximum Gasteiger partial charge on any atom is 0.255 e. The summed E-state index contributed by atoms with van der Waals surface area (Å²) in [6.07, 6.45) is 0.919. The highest BCUT2D eigenvalue weighted by Crippen LogP contribution is 2.21. The molecule has 100 valence electrons. The van der Waals surface area contributed by atoms with Gasteiger partial charge in [-0.1, -0.05) is 29.8 Å². The van der Waals surface area contributed by atoms with E-state index in [-0.39, 0.29) is 16.7 Å². The number of phenolic OH excluding ortho intramolecular Hbond substituents is 1. The number of aromatic hydroxyl groups is 1. The highest BCUT2D eigenvalue weighted by molar-refractivity contribution is 9.09. The molecule has 1 rings (SSSR count). The molecule has 1 amide bonds. The molecule has 0 aliphatic rings. The van der Waals surface area contributed by atoms with Crippen molar-refractivity contribution in [2.24, 2.45) is 5.41 Å². The number of nitrogens with one attached hydrogen (secondary N) is 1. The molecule has 1 aromatic carbocycles. The highest BCUT2D eigenvalue weighted by Gasteiger charge is 2.19. The fourth-order valence-corrected chi connectivity index (χ4v) is 2.53. The Bertz CT molecular complexity index is 435. The van der Waals surface area contributed by atoms with Gasteiger partial charge in [0.05, 0.1) is 5.56 Å². The lowest BCUT2D eigenvalue weighted by atomic mass is 9.90. The smallest absolute Gasteiger partial charge is 0.255 e. The van der Waals surface area contributed by atoms with Gasteiger partial charge in [-0.25, -0.2) is 4.39 Å². The Morgan fingerprint density at radius 2 is 2.17 bits per heavy atom. The number of hydrogen-bond acceptors (Lipinski definition) is 2. The molecule has 0 saturated heterocycles. The Morgan fingerprint density at radius 1 is 1.50 bits per heavy atom. The molecule has 3 nitrogen and oxygen atoms in total. The van der Waals surface area contributed by atoms with Crippen LogP contribution in [0, 0.1) is 11.2 Å². The number of rotatable bonds is 5. The fourth-order valence-electron chi connectivity index (χ4n) is 1.46. The fraction of sp³-hybridized carbons (Fsp3) is 0.462. The minimum atomic E-state index is -0.566. The molecule has 0 radical (unpaired) electrons. The van der Waals surface area contributed by atoms with Crippen LogP contribution in [0.3, 0.4) is 0 Å². The molecule has 5 heteroatoms. The maximum absolute atomic E-state index is 12.8. The Balaban J connectivity index is 2.66. The van der Waals surface area contributed by atoms with E-state index in [0.29, 0.717) is 6.54 Å². The van der Waals surface area contributed by atoms with Gasteiger partial charge >= 0.3 is 0 Å². The van der Waals surface area contributed by atoms with E-state index in [1.54, 1.807) is 0 Å². The van der Waals surface area contributed by atoms with Crippen LogP contribution in [0.1, 0.15) is 30.6 Å². The maximum atomic E-state index is 12.8. The Hall–Kier alpha value is -1.10. The van der Waals surface area contributed by atoms with Gasteiger partial charge < -0.3 is 10.4 Å². The van der Waals surface area contributed by atoms with Gasteiger partial charge in [-0.15, -0.1) is 0 Å². The third-order valence-corrected chi connectivity index (χ3v) is 3.10. The molecule has 0 saturated carbocycles. The molecule has 0 fully saturated rings. The van der Waals surface area contributed by atoms with Gasteiger partial charge in [0.2, 0.25) is 0 Å². The molecular formula is C13H17BrFNO2. The quantitative estimate of drug-likeness (QED) is 0.820. The summed E-state index contributed by atoms with van der Waals surface area (Å²) < 4.78 is 12.8. The zero-order chi connectivity index (χ0) is 13.8. The molecule has 0 aliphatic carbocycles. The molecule has 0 aromatic heterocycles. The largest absolute Gasteiger partial charge is 0.507 e. The summed E-state index contributed by atoms with van der Waals surface area (Å²) in [5.41, 5.74) is 0.0560. The first-order chi connectivity index (χ1) is 8.35. The number of alkyl halides is 1. The summed E-state index contributed by atoms with van der Waals surface area (Å²) in [6.45, 7) is 4.58. The zero-order valence-electron chi connectivity index (χ0n) is 10.5. The first kappa shape index (κ1) is 15.0. The van der Waals surface area contributed by atoms with Gasteiger partial charge in [0.25, 0.3) is 5.91 Å². The van der Waals surface area contributed by atoms with Crippen LogP contribution in [0.2, 0.25) is 0 Å². The number of phenols is 1. The first-order valence-corrected chi connectivity index (χ1v) is 6.80. The number of carbonyl (C=O) groups excluding carboxylic acids is 1. The molecule has 18 heavy (non-hydrogen) atoms. The lowest BCUT2D eigenvalue weighted by Crippen LogP contribution is -2.34. The average Bonchev–Trinajstić information content (AvgIpc) is 2.26. The molecule has 0 spiro atoms. The van der Waals surface area contributed by atoms with E-state index in [9.17, 15) is 14.3 Å². The SMILES string of the molecule is CC(C)(CCBr)CNC(=O)c1ccc(F)cc1O. The molecule has 0 unspecified atom stereocenters. The van der Waals surface area contributed by atoms with Crippen LogP contribution in [0.4, 0.5) is 4.39 Å². The molecule has 2 N–H and O–H groups in total. The second-order valence-corrected chi connectivity index (χ2v) is 5.74. The van der Waals surface area contributed by atoms with E-state index in [1.807, 2.05) is 13.8 Å².